The van der Waals surface area contributed by atoms with Crippen LogP contribution in [-0.4, -0.2) is 133 Å². The van der Waals surface area contributed by atoms with Crippen molar-refractivity contribution in [1.82, 2.24) is 0 Å². The molecule has 3 heterocycles. The maximum absolute atomic E-state index is 13.7. The Kier molecular flexibility index (Phi) is 9.38. The number of hydrogen-bond acceptors (Lipinski definition) is 17. The van der Waals surface area contributed by atoms with Gasteiger partial charge in [-0.1, -0.05) is 0 Å². The molecule has 45 heavy (non-hydrogen) atoms. The fourth-order valence-electron chi connectivity index (χ4n) is 5.11. The lowest BCUT2D eigenvalue weighted by atomic mass is 9.97. The number of hydrogen-bond donors (Lipinski definition) is 10. The number of benzene rings is 2. The Morgan fingerprint density at radius 3 is 2.07 bits per heavy atom. The minimum absolute atomic E-state index is 0.00464. The van der Waals surface area contributed by atoms with Crippen molar-refractivity contribution in [3.63, 3.8) is 0 Å². The van der Waals surface area contributed by atoms with Gasteiger partial charge < -0.3 is 79.2 Å². The number of fused-ring (bicyclic) bond motifs is 1. The van der Waals surface area contributed by atoms with E-state index in [0.717, 1.165) is 18.2 Å². The van der Waals surface area contributed by atoms with Crippen LogP contribution < -0.4 is 14.9 Å². The standard InChI is InChI=1S/C28H32O17/c1-40-10-5-13(33)17-14(6-10)41-24(9-2-3-11(31)12(32)4-9)26(19(17)35)45-28-23(39)21(37)25(16(8-30)43-28)44-27-22(38)20(36)18(34)15(7-29)42-27/h2-6,15-16,18,20-23,25,27-34,36-39H,7-8H2,1H3/t15-,16+,18+,20+,21+,22-,23+,25-,27+,28-/m1/s1. The van der Waals surface area contributed by atoms with Crippen LogP contribution >= 0.6 is 0 Å². The van der Waals surface area contributed by atoms with E-state index >= 15 is 0 Å². The lowest BCUT2D eigenvalue weighted by Crippen LogP contribution is -2.65. The molecule has 0 unspecified atom stereocenters. The largest absolute Gasteiger partial charge is 0.507 e. The molecule has 3 aromatic rings. The van der Waals surface area contributed by atoms with Gasteiger partial charge in [-0.05, 0) is 18.2 Å². The first kappa shape index (κ1) is 32.6. The molecule has 2 fully saturated rings. The number of phenolic OH excluding ortho intramolecular Hbond substituents is 3. The average molecular weight is 641 g/mol. The molecule has 0 saturated carbocycles. The average Bonchev–Trinajstić information content (AvgIpc) is 3.02. The van der Waals surface area contributed by atoms with Crippen LogP contribution in [0.1, 0.15) is 0 Å². The molecule has 2 saturated heterocycles. The summed E-state index contributed by atoms with van der Waals surface area (Å²) in [7, 11) is 1.31. The highest BCUT2D eigenvalue weighted by Gasteiger charge is 2.51. The van der Waals surface area contributed by atoms with Crippen LogP contribution in [0.4, 0.5) is 0 Å². The molecule has 17 nitrogen and oxygen atoms in total. The summed E-state index contributed by atoms with van der Waals surface area (Å²) in [5.41, 5.74) is -1.15. The van der Waals surface area contributed by atoms with Gasteiger partial charge >= 0.3 is 0 Å². The zero-order valence-electron chi connectivity index (χ0n) is 23.4. The topological polar surface area (TPSA) is 279 Å². The van der Waals surface area contributed by atoms with Crippen molar-refractivity contribution in [2.45, 2.75) is 61.4 Å². The van der Waals surface area contributed by atoms with Gasteiger partial charge in [-0.25, -0.2) is 0 Å². The Hall–Kier alpha value is -3.75. The maximum Gasteiger partial charge on any atom is 0.239 e. The second kappa shape index (κ2) is 12.9. The zero-order chi connectivity index (χ0) is 32.7. The van der Waals surface area contributed by atoms with Crippen LogP contribution in [0.15, 0.2) is 39.5 Å². The number of aromatic hydroxyl groups is 3. The van der Waals surface area contributed by atoms with Crippen molar-refractivity contribution >= 4 is 11.0 Å². The summed E-state index contributed by atoms with van der Waals surface area (Å²) >= 11 is 0. The molecule has 10 N–H and O–H groups in total. The minimum Gasteiger partial charge on any atom is -0.507 e. The second-order valence-corrected chi connectivity index (χ2v) is 10.4. The van der Waals surface area contributed by atoms with Crippen molar-refractivity contribution < 1.29 is 79.2 Å². The Labute approximate surface area is 252 Å². The first-order valence-corrected chi connectivity index (χ1v) is 13.5. The van der Waals surface area contributed by atoms with Crippen molar-refractivity contribution in [1.29, 1.82) is 0 Å². The van der Waals surface area contributed by atoms with Crippen molar-refractivity contribution in [3.05, 3.63) is 40.6 Å². The Morgan fingerprint density at radius 2 is 1.42 bits per heavy atom. The lowest BCUT2D eigenvalue weighted by molar-refractivity contribution is -0.352. The smallest absolute Gasteiger partial charge is 0.239 e. The molecule has 0 spiro atoms. The Morgan fingerprint density at radius 1 is 0.756 bits per heavy atom. The van der Waals surface area contributed by atoms with Crippen LogP contribution in [0.2, 0.25) is 0 Å². The molecule has 0 bridgehead atoms. The maximum atomic E-state index is 13.7. The van der Waals surface area contributed by atoms with E-state index in [4.69, 9.17) is 28.1 Å². The Balaban J connectivity index is 1.50. The van der Waals surface area contributed by atoms with Gasteiger partial charge in [0.1, 0.15) is 71.3 Å². The van der Waals surface area contributed by atoms with E-state index in [1.807, 2.05) is 0 Å². The van der Waals surface area contributed by atoms with Crippen molar-refractivity contribution in [2.75, 3.05) is 20.3 Å². The number of ether oxygens (including phenoxy) is 5. The number of phenols is 3. The summed E-state index contributed by atoms with van der Waals surface area (Å²) in [5, 5.41) is 102. The molecule has 5 rings (SSSR count). The van der Waals surface area contributed by atoms with Crippen LogP contribution in [0, 0.1) is 0 Å². The van der Waals surface area contributed by atoms with Gasteiger partial charge in [0, 0.05) is 17.7 Å². The molecular weight excluding hydrogens is 608 g/mol. The second-order valence-electron chi connectivity index (χ2n) is 10.4. The predicted octanol–water partition coefficient (Wildman–Crippen LogP) is -2.41. The van der Waals surface area contributed by atoms with Gasteiger partial charge in [-0.2, -0.15) is 0 Å². The van der Waals surface area contributed by atoms with Crippen LogP contribution in [0.25, 0.3) is 22.3 Å². The van der Waals surface area contributed by atoms with E-state index in [-0.39, 0.29) is 28.0 Å². The van der Waals surface area contributed by atoms with E-state index < -0.39 is 103 Å². The molecule has 0 radical (unpaired) electrons. The SMILES string of the molecule is COc1cc(O)c2c(=O)c(O[C@H]3O[C@@H](CO)[C@@H](O[C@@H]4O[C@H](CO)[C@H](O)[C@H](O)[C@H]4O)[C@@H](O)[C@@H]3O)c(-c3ccc(O)c(O)c3)oc2c1. The summed E-state index contributed by atoms with van der Waals surface area (Å²) in [4.78, 5) is 13.7. The van der Waals surface area contributed by atoms with Gasteiger partial charge in [0.05, 0.1) is 20.3 Å². The summed E-state index contributed by atoms with van der Waals surface area (Å²) in [5.74, 6) is -2.55. The van der Waals surface area contributed by atoms with Crippen molar-refractivity contribution in [2.24, 2.45) is 0 Å². The van der Waals surface area contributed by atoms with Crippen LogP contribution in [-0.2, 0) is 14.2 Å². The van der Waals surface area contributed by atoms with Gasteiger partial charge in [0.15, 0.2) is 23.5 Å². The molecule has 0 amide bonds. The third-order valence-electron chi connectivity index (χ3n) is 7.57. The minimum atomic E-state index is -2.02. The van der Waals surface area contributed by atoms with Crippen LogP contribution in [0.5, 0.6) is 28.7 Å². The van der Waals surface area contributed by atoms with Gasteiger partial charge in [-0.3, -0.25) is 4.79 Å². The number of methoxy groups -OCH3 is 1. The van der Waals surface area contributed by atoms with Crippen molar-refractivity contribution in [3.8, 4) is 40.1 Å². The number of rotatable bonds is 8. The van der Waals surface area contributed by atoms with E-state index in [0.29, 0.717) is 0 Å². The molecular formula is C28H32O17. The fraction of sp³-hybridized carbons (Fsp3) is 0.464. The van der Waals surface area contributed by atoms with E-state index in [1.54, 1.807) is 0 Å². The molecule has 17 heteroatoms. The van der Waals surface area contributed by atoms with E-state index in [1.165, 1.54) is 19.2 Å². The summed E-state index contributed by atoms with van der Waals surface area (Å²) in [6.07, 6.45) is -17.6. The van der Waals surface area contributed by atoms with Gasteiger partial charge in [0.25, 0.3) is 0 Å². The number of aliphatic hydroxyl groups is 7. The first-order chi connectivity index (χ1) is 21.4. The van der Waals surface area contributed by atoms with E-state index in [2.05, 4.69) is 0 Å². The lowest BCUT2D eigenvalue weighted by Gasteiger charge is -2.45. The molecule has 10 atom stereocenters. The molecule has 2 aromatic carbocycles. The predicted molar refractivity (Wildman–Crippen MR) is 146 cm³/mol. The molecule has 2 aliphatic heterocycles. The molecule has 1 aromatic heterocycles. The van der Waals surface area contributed by atoms with Gasteiger partial charge in [-0.15, -0.1) is 0 Å². The first-order valence-electron chi connectivity index (χ1n) is 13.5. The fourth-order valence-corrected chi connectivity index (χ4v) is 5.11. The zero-order valence-corrected chi connectivity index (χ0v) is 23.4. The molecule has 0 aliphatic carbocycles. The monoisotopic (exact) mass is 640 g/mol. The highest BCUT2D eigenvalue weighted by atomic mass is 16.7. The van der Waals surface area contributed by atoms with E-state index in [9.17, 15) is 55.9 Å². The van der Waals surface area contributed by atoms with Crippen LogP contribution in [0.3, 0.4) is 0 Å². The highest BCUT2D eigenvalue weighted by molar-refractivity contribution is 5.88. The molecule has 2 aliphatic rings. The number of aliphatic hydroxyl groups excluding tert-OH is 7. The molecule has 246 valence electrons. The quantitative estimate of drug-likeness (QED) is 0.115. The third-order valence-corrected chi connectivity index (χ3v) is 7.57. The highest BCUT2D eigenvalue weighted by Crippen LogP contribution is 2.40. The Bertz CT molecular complexity index is 1570. The summed E-state index contributed by atoms with van der Waals surface area (Å²) in [6, 6.07) is 5.83. The normalized spacial score (nSPS) is 32.0. The third kappa shape index (κ3) is 5.98. The summed E-state index contributed by atoms with van der Waals surface area (Å²) in [6.45, 7) is -1.65. The van der Waals surface area contributed by atoms with Gasteiger partial charge in [0.2, 0.25) is 17.5 Å². The summed E-state index contributed by atoms with van der Waals surface area (Å²) < 4.78 is 33.1.